The standard InChI is InChI=1S/C20H30NO3.C13H21NO3.BrH/c1-14(2)21(3)16-9-10-17(21)12-18(11-16)24-20(23)19(13-22)15-7-5-4-6-8-15;1-13(2,3)14-7-12(17)9-4-5-11(16)10(6-9)8-15;/h4-8,14,16-19,22H,9-13H2,1-3H3;4-6,12,14-17H,7-8H2,1-3H3;1H/q+1;;/p-1/t16-,17+,18?,19?,21?;;. The molecule has 0 amide bonds. The van der Waals surface area contributed by atoms with E-state index < -0.39 is 12.0 Å². The molecule has 2 bridgehead atoms. The summed E-state index contributed by atoms with van der Waals surface area (Å²) in [5, 5.41) is 41.3. The summed E-state index contributed by atoms with van der Waals surface area (Å²) in [6.07, 6.45) is 3.71. The van der Waals surface area contributed by atoms with Crippen LogP contribution in [0.5, 0.6) is 5.75 Å². The molecule has 2 fully saturated rings. The molecule has 236 valence electrons. The van der Waals surface area contributed by atoms with Gasteiger partial charge < -0.3 is 51.9 Å². The van der Waals surface area contributed by atoms with Crippen molar-refractivity contribution in [2.75, 3.05) is 20.2 Å². The predicted molar refractivity (Wildman–Crippen MR) is 160 cm³/mol. The van der Waals surface area contributed by atoms with Gasteiger partial charge in [0, 0.05) is 43.3 Å². The van der Waals surface area contributed by atoms with Crippen LogP contribution >= 0.6 is 0 Å². The number of aromatic hydroxyl groups is 1. The van der Waals surface area contributed by atoms with E-state index in [2.05, 4.69) is 26.2 Å². The highest BCUT2D eigenvalue weighted by molar-refractivity contribution is 5.78. The summed E-state index contributed by atoms with van der Waals surface area (Å²) in [7, 11) is 2.37. The van der Waals surface area contributed by atoms with Crippen LogP contribution in [0.25, 0.3) is 0 Å². The van der Waals surface area contributed by atoms with Crippen molar-refractivity contribution in [1.29, 1.82) is 0 Å². The number of nitrogens with one attached hydrogen (secondary N) is 1. The SMILES string of the molecule is CC(C)(C)NCC(O)c1ccc(O)c(CO)c1.CC(C)[N+]1(C)[C@@H]2CC[C@H]1CC(OC(=O)C(CO)c1ccccc1)C2.[Br-]. The summed E-state index contributed by atoms with van der Waals surface area (Å²) in [5.41, 5.74) is 1.88. The van der Waals surface area contributed by atoms with Crippen LogP contribution in [0.2, 0.25) is 0 Å². The highest BCUT2D eigenvalue weighted by Crippen LogP contribution is 2.44. The zero-order valence-electron chi connectivity index (χ0n) is 26.0. The van der Waals surface area contributed by atoms with Gasteiger partial charge in [0.25, 0.3) is 0 Å². The molecule has 2 aromatic carbocycles. The van der Waals surface area contributed by atoms with E-state index in [9.17, 15) is 20.1 Å². The van der Waals surface area contributed by atoms with Gasteiger partial charge in [0.05, 0.1) is 44.5 Å². The zero-order chi connectivity index (χ0) is 30.4. The molecule has 0 spiro atoms. The third-order valence-corrected chi connectivity index (χ3v) is 9.03. The number of piperidine rings is 1. The lowest BCUT2D eigenvalue weighted by Crippen LogP contribution is -3.00. The second kappa shape index (κ2) is 15.6. The Morgan fingerprint density at radius 1 is 1.02 bits per heavy atom. The minimum atomic E-state index is -0.653. The van der Waals surface area contributed by atoms with Crippen molar-refractivity contribution < 1.29 is 51.4 Å². The Labute approximate surface area is 262 Å². The maximum atomic E-state index is 12.6. The normalized spacial score (nSPS) is 24.7. The Kier molecular flexibility index (Phi) is 13.5. The van der Waals surface area contributed by atoms with E-state index in [4.69, 9.17) is 9.84 Å². The number of esters is 1. The summed E-state index contributed by atoms with van der Waals surface area (Å²) in [6, 6.07) is 16.0. The van der Waals surface area contributed by atoms with E-state index in [-0.39, 0.29) is 53.6 Å². The third kappa shape index (κ3) is 9.00. The van der Waals surface area contributed by atoms with Gasteiger partial charge in [-0.3, -0.25) is 4.79 Å². The van der Waals surface area contributed by atoms with E-state index in [0.29, 0.717) is 35.8 Å². The molecule has 0 aromatic heterocycles. The largest absolute Gasteiger partial charge is 1.00 e. The van der Waals surface area contributed by atoms with Gasteiger partial charge in [-0.1, -0.05) is 36.4 Å². The summed E-state index contributed by atoms with van der Waals surface area (Å²) in [6.45, 7) is 10.7. The number of hydrogen-bond acceptors (Lipinski definition) is 7. The van der Waals surface area contributed by atoms with Gasteiger partial charge >= 0.3 is 5.97 Å². The van der Waals surface area contributed by atoms with Crippen molar-refractivity contribution in [3.63, 3.8) is 0 Å². The quantitative estimate of drug-likeness (QED) is 0.204. The summed E-state index contributed by atoms with van der Waals surface area (Å²) >= 11 is 0. The molecule has 2 heterocycles. The Morgan fingerprint density at radius 2 is 1.62 bits per heavy atom. The molecule has 8 nitrogen and oxygen atoms in total. The predicted octanol–water partition coefficient (Wildman–Crippen LogP) is 1.16. The molecule has 4 unspecified atom stereocenters. The number of fused-ring (bicyclic) bond motifs is 2. The van der Waals surface area contributed by atoms with Gasteiger partial charge in [-0.25, -0.2) is 0 Å². The molecule has 6 atom stereocenters. The number of quaternary nitrogens is 1. The number of hydrogen-bond donors (Lipinski definition) is 5. The highest BCUT2D eigenvalue weighted by atomic mass is 79.9. The number of aliphatic hydroxyl groups is 3. The number of phenols is 1. The number of carbonyl (C=O) groups excluding carboxylic acids is 1. The van der Waals surface area contributed by atoms with Gasteiger partial charge in [-0.2, -0.15) is 0 Å². The Hall–Kier alpha value is -2.01. The fourth-order valence-corrected chi connectivity index (χ4v) is 6.28. The zero-order valence-corrected chi connectivity index (χ0v) is 27.5. The van der Waals surface area contributed by atoms with Gasteiger partial charge in [-0.05, 0) is 57.9 Å². The molecule has 4 rings (SSSR count). The fourth-order valence-electron chi connectivity index (χ4n) is 6.28. The topological polar surface area (TPSA) is 119 Å². The number of carbonyl (C=O) groups is 1. The maximum absolute atomic E-state index is 12.6. The molecule has 0 radical (unpaired) electrons. The number of aliphatic hydroxyl groups excluding tert-OH is 3. The van der Waals surface area contributed by atoms with Crippen molar-refractivity contribution in [1.82, 2.24) is 5.32 Å². The number of rotatable bonds is 9. The van der Waals surface area contributed by atoms with Crippen LogP contribution in [0.3, 0.4) is 0 Å². The third-order valence-electron chi connectivity index (χ3n) is 9.03. The average molecular weight is 652 g/mol. The Bertz CT molecular complexity index is 1110. The van der Waals surface area contributed by atoms with Crippen molar-refractivity contribution >= 4 is 5.97 Å². The van der Waals surface area contributed by atoms with Crippen molar-refractivity contribution in [3.8, 4) is 5.75 Å². The second-order valence-electron chi connectivity index (χ2n) is 13.1. The minimum absolute atomic E-state index is 0. The molecule has 2 aliphatic rings. The fraction of sp³-hybridized carbons (Fsp3) is 0.606. The first kappa shape index (κ1) is 36.2. The van der Waals surface area contributed by atoms with E-state index in [1.54, 1.807) is 12.1 Å². The highest BCUT2D eigenvalue weighted by Gasteiger charge is 2.53. The molecule has 0 saturated carbocycles. The summed E-state index contributed by atoms with van der Waals surface area (Å²) < 4.78 is 6.96. The van der Waals surface area contributed by atoms with Gasteiger partial charge in [0.15, 0.2) is 0 Å². The number of nitrogens with zero attached hydrogens (tertiary/aromatic N) is 1. The van der Waals surface area contributed by atoms with Gasteiger partial charge in [0.1, 0.15) is 17.8 Å². The van der Waals surface area contributed by atoms with Gasteiger partial charge in [0.2, 0.25) is 0 Å². The summed E-state index contributed by atoms with van der Waals surface area (Å²) in [4.78, 5) is 12.6. The first-order valence-electron chi connectivity index (χ1n) is 14.9. The van der Waals surface area contributed by atoms with Crippen LogP contribution in [-0.4, -0.2) is 80.8 Å². The lowest BCUT2D eigenvalue weighted by Gasteiger charge is -2.49. The molecular formula is C33H51BrN2O6. The molecule has 2 saturated heterocycles. The monoisotopic (exact) mass is 650 g/mol. The maximum Gasteiger partial charge on any atom is 0.316 e. The van der Waals surface area contributed by atoms with Crippen molar-refractivity contribution in [2.45, 2.75) is 109 Å². The van der Waals surface area contributed by atoms with Crippen LogP contribution < -0.4 is 22.3 Å². The molecule has 2 aromatic rings. The molecular weight excluding hydrogens is 600 g/mol. The van der Waals surface area contributed by atoms with Crippen LogP contribution in [-0.2, 0) is 16.1 Å². The van der Waals surface area contributed by atoms with Crippen molar-refractivity contribution in [2.24, 2.45) is 0 Å². The lowest BCUT2D eigenvalue weighted by molar-refractivity contribution is -0.968. The van der Waals surface area contributed by atoms with E-state index >= 15 is 0 Å². The lowest BCUT2D eigenvalue weighted by atomic mass is 9.94. The summed E-state index contributed by atoms with van der Waals surface area (Å²) in [5.74, 6) is -0.808. The second-order valence-corrected chi connectivity index (χ2v) is 13.1. The molecule has 5 N–H and O–H groups in total. The number of benzene rings is 2. The Balaban J connectivity index is 0.000000305. The number of ether oxygens (including phenoxy) is 1. The Morgan fingerprint density at radius 3 is 2.12 bits per heavy atom. The van der Waals surface area contributed by atoms with Crippen LogP contribution in [0, 0.1) is 0 Å². The van der Waals surface area contributed by atoms with Crippen LogP contribution in [0.4, 0.5) is 0 Å². The first-order chi connectivity index (χ1) is 19.3. The van der Waals surface area contributed by atoms with E-state index in [1.165, 1.54) is 18.9 Å². The van der Waals surface area contributed by atoms with Crippen LogP contribution in [0.15, 0.2) is 48.5 Å². The van der Waals surface area contributed by atoms with E-state index in [0.717, 1.165) is 22.9 Å². The molecule has 42 heavy (non-hydrogen) atoms. The number of halogens is 1. The number of β-amino-alcohol motifs (C(OH)–C–C–N with tert-alkyl or cyclic N) is 1. The first-order valence-corrected chi connectivity index (χ1v) is 14.9. The van der Waals surface area contributed by atoms with E-state index in [1.807, 2.05) is 51.1 Å². The molecule has 2 aliphatic heterocycles. The average Bonchev–Trinajstić information content (AvgIpc) is 3.09. The van der Waals surface area contributed by atoms with Crippen molar-refractivity contribution in [3.05, 3.63) is 65.2 Å². The molecule has 9 heteroatoms. The van der Waals surface area contributed by atoms with Crippen LogP contribution in [0.1, 0.15) is 89.0 Å². The molecule has 0 aliphatic carbocycles. The smallest absolute Gasteiger partial charge is 0.316 e. The minimum Gasteiger partial charge on any atom is -1.00 e. The van der Waals surface area contributed by atoms with Gasteiger partial charge in [-0.15, -0.1) is 0 Å².